The van der Waals surface area contributed by atoms with Crippen molar-refractivity contribution in [2.75, 3.05) is 13.1 Å². The lowest BCUT2D eigenvalue weighted by Gasteiger charge is -2.21. The number of nitro groups is 1. The molecule has 1 N–H and O–H groups in total. The first-order chi connectivity index (χ1) is 12.4. The van der Waals surface area contributed by atoms with Crippen molar-refractivity contribution in [3.05, 3.63) is 75.6 Å². The van der Waals surface area contributed by atoms with Gasteiger partial charge in [0.25, 0.3) is 11.6 Å². The van der Waals surface area contributed by atoms with Crippen molar-refractivity contribution < 1.29 is 18.9 Å². The topological polar surface area (TPSA) is 92.6 Å². The summed E-state index contributed by atoms with van der Waals surface area (Å²) >= 11 is 0. The average Bonchev–Trinajstić information content (AvgIpc) is 2.64. The van der Waals surface area contributed by atoms with E-state index in [1.165, 1.54) is 35.2 Å². The number of rotatable bonds is 7. The van der Waals surface area contributed by atoms with Gasteiger partial charge in [0.05, 0.1) is 11.5 Å². The Balaban J connectivity index is 1.96. The van der Waals surface area contributed by atoms with Crippen molar-refractivity contribution in [1.29, 1.82) is 0 Å². The lowest BCUT2D eigenvalue weighted by atomic mass is 10.2. The highest BCUT2D eigenvalue weighted by Crippen LogP contribution is 2.13. The van der Waals surface area contributed by atoms with Gasteiger partial charge in [-0.3, -0.25) is 19.7 Å². The fourth-order valence-electron chi connectivity index (χ4n) is 2.36. The first-order valence-electron chi connectivity index (χ1n) is 7.95. The van der Waals surface area contributed by atoms with Gasteiger partial charge in [-0.15, -0.1) is 0 Å². The molecule has 0 unspecified atom stereocenters. The number of nitrogens with zero attached hydrogens (tertiary/aromatic N) is 2. The number of nitrogens with one attached hydrogen (secondary N) is 1. The standard InChI is InChI=1S/C18H18FN3O4/c1-2-21(12-13-5-3-7-15(19)9-13)17(23)11-20-18(24)14-6-4-8-16(10-14)22(25)26/h3-10H,2,11-12H2,1H3,(H,20,24). The van der Waals surface area contributed by atoms with Gasteiger partial charge in [0.1, 0.15) is 5.82 Å². The number of halogens is 1. The van der Waals surface area contributed by atoms with Crippen LogP contribution in [0.1, 0.15) is 22.8 Å². The number of likely N-dealkylation sites (N-methyl/N-ethyl adjacent to an activating group) is 1. The largest absolute Gasteiger partial charge is 0.343 e. The molecule has 0 saturated heterocycles. The lowest BCUT2D eigenvalue weighted by molar-refractivity contribution is -0.384. The van der Waals surface area contributed by atoms with Crippen molar-refractivity contribution in [2.45, 2.75) is 13.5 Å². The van der Waals surface area contributed by atoms with Crippen molar-refractivity contribution >= 4 is 17.5 Å². The number of carbonyl (C=O) groups excluding carboxylic acids is 2. The fourth-order valence-corrected chi connectivity index (χ4v) is 2.36. The maximum atomic E-state index is 13.2. The van der Waals surface area contributed by atoms with E-state index >= 15 is 0 Å². The Bertz CT molecular complexity index is 826. The van der Waals surface area contributed by atoms with E-state index in [0.717, 1.165) is 6.07 Å². The summed E-state index contributed by atoms with van der Waals surface area (Å²) in [6.07, 6.45) is 0. The third-order valence-corrected chi connectivity index (χ3v) is 3.72. The molecule has 2 amide bonds. The molecule has 0 saturated carbocycles. The van der Waals surface area contributed by atoms with E-state index in [9.17, 15) is 24.1 Å². The molecule has 26 heavy (non-hydrogen) atoms. The van der Waals surface area contributed by atoms with Gasteiger partial charge in [0.15, 0.2) is 0 Å². The van der Waals surface area contributed by atoms with Crippen LogP contribution in [0, 0.1) is 15.9 Å². The SMILES string of the molecule is CCN(Cc1cccc(F)c1)C(=O)CNC(=O)c1cccc([N+](=O)[O-])c1. The highest BCUT2D eigenvalue weighted by molar-refractivity contribution is 5.96. The molecule has 0 atom stereocenters. The summed E-state index contributed by atoms with van der Waals surface area (Å²) in [5, 5.41) is 13.2. The minimum atomic E-state index is -0.597. The predicted octanol–water partition coefficient (Wildman–Crippen LogP) is 2.51. The van der Waals surface area contributed by atoms with Gasteiger partial charge in [0, 0.05) is 30.8 Å². The molecular weight excluding hydrogens is 341 g/mol. The van der Waals surface area contributed by atoms with Gasteiger partial charge >= 0.3 is 0 Å². The first-order valence-corrected chi connectivity index (χ1v) is 7.95. The molecule has 0 aliphatic rings. The second-order valence-corrected chi connectivity index (χ2v) is 5.53. The average molecular weight is 359 g/mol. The van der Waals surface area contributed by atoms with Crippen molar-refractivity contribution in [1.82, 2.24) is 10.2 Å². The van der Waals surface area contributed by atoms with Gasteiger partial charge < -0.3 is 10.2 Å². The Morgan fingerprint density at radius 2 is 1.92 bits per heavy atom. The number of amides is 2. The second-order valence-electron chi connectivity index (χ2n) is 5.53. The van der Waals surface area contributed by atoms with Crippen LogP contribution in [0.15, 0.2) is 48.5 Å². The quantitative estimate of drug-likeness (QED) is 0.607. The van der Waals surface area contributed by atoms with E-state index in [0.29, 0.717) is 12.1 Å². The van der Waals surface area contributed by atoms with E-state index in [1.54, 1.807) is 19.1 Å². The predicted molar refractivity (Wildman–Crippen MR) is 92.9 cm³/mol. The molecule has 0 heterocycles. The summed E-state index contributed by atoms with van der Waals surface area (Å²) in [6, 6.07) is 11.2. The summed E-state index contributed by atoms with van der Waals surface area (Å²) in [4.78, 5) is 36.0. The molecule has 2 aromatic carbocycles. The van der Waals surface area contributed by atoms with Gasteiger partial charge in [-0.1, -0.05) is 18.2 Å². The lowest BCUT2D eigenvalue weighted by Crippen LogP contribution is -2.39. The van der Waals surface area contributed by atoms with Crippen molar-refractivity contribution in [3.8, 4) is 0 Å². The first kappa shape index (κ1) is 19.0. The van der Waals surface area contributed by atoms with Gasteiger partial charge in [-0.05, 0) is 30.7 Å². The van der Waals surface area contributed by atoms with Crippen LogP contribution < -0.4 is 5.32 Å². The normalized spacial score (nSPS) is 10.2. The monoisotopic (exact) mass is 359 g/mol. The van der Waals surface area contributed by atoms with E-state index in [4.69, 9.17) is 0 Å². The maximum Gasteiger partial charge on any atom is 0.270 e. The Hall–Kier alpha value is -3.29. The molecule has 2 rings (SSSR count). The van der Waals surface area contributed by atoms with Crippen LogP contribution >= 0.6 is 0 Å². The Labute approximate surface area is 149 Å². The zero-order valence-electron chi connectivity index (χ0n) is 14.1. The van der Waals surface area contributed by atoms with Gasteiger partial charge in [-0.2, -0.15) is 0 Å². The Kier molecular flexibility index (Phi) is 6.37. The molecular formula is C18H18FN3O4. The number of hydrogen-bond donors (Lipinski definition) is 1. The molecule has 0 radical (unpaired) electrons. The van der Waals surface area contributed by atoms with Crippen LogP contribution in [-0.4, -0.2) is 34.7 Å². The number of hydrogen-bond acceptors (Lipinski definition) is 4. The second kappa shape index (κ2) is 8.70. The Morgan fingerprint density at radius 3 is 2.58 bits per heavy atom. The molecule has 0 fully saturated rings. The van der Waals surface area contributed by atoms with Gasteiger partial charge in [0.2, 0.25) is 5.91 Å². The molecule has 7 nitrogen and oxygen atoms in total. The molecule has 0 aromatic heterocycles. The third-order valence-electron chi connectivity index (χ3n) is 3.72. The van der Waals surface area contributed by atoms with Crippen LogP contribution in [-0.2, 0) is 11.3 Å². The van der Waals surface area contributed by atoms with E-state index in [-0.39, 0.29) is 36.1 Å². The zero-order valence-corrected chi connectivity index (χ0v) is 14.1. The number of benzene rings is 2. The number of non-ortho nitro benzene ring substituents is 1. The summed E-state index contributed by atoms with van der Waals surface area (Å²) in [5.74, 6) is -1.30. The fraction of sp³-hybridized carbons (Fsp3) is 0.222. The highest BCUT2D eigenvalue weighted by Gasteiger charge is 2.16. The van der Waals surface area contributed by atoms with Crippen LogP contribution in [0.3, 0.4) is 0 Å². The molecule has 2 aromatic rings. The van der Waals surface area contributed by atoms with Gasteiger partial charge in [-0.25, -0.2) is 4.39 Å². The minimum absolute atomic E-state index is 0.0974. The minimum Gasteiger partial charge on any atom is -0.343 e. The highest BCUT2D eigenvalue weighted by atomic mass is 19.1. The van der Waals surface area contributed by atoms with E-state index in [2.05, 4.69) is 5.32 Å². The molecule has 0 aliphatic carbocycles. The van der Waals surface area contributed by atoms with Crippen LogP contribution in [0.2, 0.25) is 0 Å². The molecule has 8 heteroatoms. The molecule has 0 bridgehead atoms. The van der Waals surface area contributed by atoms with Crippen LogP contribution in [0.25, 0.3) is 0 Å². The smallest absolute Gasteiger partial charge is 0.270 e. The maximum absolute atomic E-state index is 13.2. The number of carbonyl (C=O) groups is 2. The molecule has 0 aliphatic heterocycles. The number of nitro benzene ring substituents is 1. The third kappa shape index (κ3) is 5.10. The summed E-state index contributed by atoms with van der Waals surface area (Å²) < 4.78 is 13.2. The summed E-state index contributed by atoms with van der Waals surface area (Å²) in [6.45, 7) is 2.13. The van der Waals surface area contributed by atoms with Crippen molar-refractivity contribution in [3.63, 3.8) is 0 Å². The zero-order chi connectivity index (χ0) is 19.1. The Morgan fingerprint density at radius 1 is 1.19 bits per heavy atom. The molecule has 136 valence electrons. The molecule has 0 spiro atoms. The summed E-state index contributed by atoms with van der Waals surface area (Å²) in [5.41, 5.74) is 0.538. The van der Waals surface area contributed by atoms with Crippen LogP contribution in [0.4, 0.5) is 10.1 Å². The van der Waals surface area contributed by atoms with E-state index < -0.39 is 10.8 Å². The van der Waals surface area contributed by atoms with E-state index in [1.807, 2.05) is 0 Å². The van der Waals surface area contributed by atoms with Crippen LogP contribution in [0.5, 0.6) is 0 Å². The summed E-state index contributed by atoms with van der Waals surface area (Å²) in [7, 11) is 0. The van der Waals surface area contributed by atoms with Crippen molar-refractivity contribution in [2.24, 2.45) is 0 Å².